The Morgan fingerprint density at radius 2 is 1.48 bits per heavy atom. The van der Waals surface area contributed by atoms with Gasteiger partial charge in [0.1, 0.15) is 51.1 Å². The molecule has 8 nitrogen and oxygen atoms in total. The lowest BCUT2D eigenvalue weighted by Gasteiger charge is -2.41. The fourth-order valence-corrected chi connectivity index (χ4v) is 8.65. The molecule has 5 atom stereocenters. The monoisotopic (exact) mass is 642 g/mol. The molecule has 0 amide bonds. The largest absolute Gasteiger partial charge is 0.497 e. The topological polar surface area (TPSA) is 82.4 Å². The Labute approximate surface area is 276 Å². The second-order valence-corrected chi connectivity index (χ2v) is 13.6. The number of nitriles is 1. The Morgan fingerprint density at radius 3 is 1.98 bits per heavy atom. The van der Waals surface area contributed by atoms with E-state index in [0.717, 1.165) is 54.1 Å². The van der Waals surface area contributed by atoms with Crippen molar-refractivity contribution in [2.45, 2.75) is 62.5 Å². The summed E-state index contributed by atoms with van der Waals surface area (Å²) in [5.41, 5.74) is 0.815. The molecular weight excluding hydrogens is 598 g/mol. The van der Waals surface area contributed by atoms with Crippen LogP contribution >= 0.6 is 8.30 Å². The summed E-state index contributed by atoms with van der Waals surface area (Å²) in [5, 5.41) is 9.47. The lowest BCUT2D eigenvalue weighted by Crippen LogP contribution is -2.49. The molecule has 0 N–H and O–H groups in total. The van der Waals surface area contributed by atoms with Crippen molar-refractivity contribution in [2.24, 2.45) is 0 Å². The number of ether oxygens (including phenoxy) is 5. The van der Waals surface area contributed by atoms with Crippen LogP contribution in [0.1, 0.15) is 49.8 Å². The summed E-state index contributed by atoms with van der Waals surface area (Å²) >= 11 is 0. The van der Waals surface area contributed by atoms with Crippen LogP contribution in [-0.2, 0) is 24.3 Å². The summed E-state index contributed by atoms with van der Waals surface area (Å²) in [5.74, 6) is 1.50. The minimum Gasteiger partial charge on any atom is -0.497 e. The third-order valence-corrected chi connectivity index (χ3v) is 10.8. The van der Waals surface area contributed by atoms with E-state index in [2.05, 4.69) is 36.7 Å². The highest BCUT2D eigenvalue weighted by molar-refractivity contribution is 7.50. The molecule has 5 rings (SSSR count). The molecule has 2 unspecified atom stereocenters. The standard InChI is InChI=1S/C36H44BN2O6P/c1-5-22-39(23-6-2)46(24-10-21-38)45-33-32-34(37)44-35(33,25-42-32)26-43-36(27-11-8-7-9-12-27,28-13-17-30(40-3)18-14-28)29-15-19-31(41-4)20-16-29/h7-9,11-20,32-34H,5-6,10,22-26H2,1-4H3/t32?,33-,34-,35-,46?/m1/s1. The lowest BCUT2D eigenvalue weighted by molar-refractivity contribution is -0.163. The molecule has 2 bridgehead atoms. The summed E-state index contributed by atoms with van der Waals surface area (Å²) in [4.78, 5) is 0. The molecule has 2 aliphatic heterocycles. The van der Waals surface area contributed by atoms with Gasteiger partial charge in [-0.3, -0.25) is 4.67 Å². The van der Waals surface area contributed by atoms with E-state index in [1.165, 1.54) is 0 Å². The molecule has 3 aromatic rings. The van der Waals surface area contributed by atoms with Crippen LogP contribution in [0.3, 0.4) is 0 Å². The van der Waals surface area contributed by atoms with Gasteiger partial charge in [0.25, 0.3) is 0 Å². The average molecular weight is 643 g/mol. The van der Waals surface area contributed by atoms with Crippen LogP contribution in [0.15, 0.2) is 78.9 Å². The van der Waals surface area contributed by atoms with Crippen LogP contribution in [0.2, 0.25) is 0 Å². The van der Waals surface area contributed by atoms with Gasteiger partial charge < -0.3 is 28.2 Å². The number of benzene rings is 3. The van der Waals surface area contributed by atoms with Crippen LogP contribution in [0, 0.1) is 11.3 Å². The Balaban J connectivity index is 1.56. The Morgan fingerprint density at radius 1 is 0.913 bits per heavy atom. The van der Waals surface area contributed by atoms with Crippen LogP contribution < -0.4 is 9.47 Å². The van der Waals surface area contributed by atoms with Gasteiger partial charge in [0.2, 0.25) is 0 Å². The number of methoxy groups -OCH3 is 2. The van der Waals surface area contributed by atoms with Crippen molar-refractivity contribution in [3.05, 3.63) is 95.6 Å². The van der Waals surface area contributed by atoms with Gasteiger partial charge in [-0.1, -0.05) is 68.4 Å². The second-order valence-electron chi connectivity index (χ2n) is 11.7. The fraction of sp³-hybridized carbons (Fsp3) is 0.472. The van der Waals surface area contributed by atoms with Crippen molar-refractivity contribution in [1.82, 2.24) is 4.67 Å². The smallest absolute Gasteiger partial charge is 0.143 e. The van der Waals surface area contributed by atoms with Gasteiger partial charge in [-0.25, -0.2) is 0 Å². The normalized spacial score (nSPS) is 22.9. The van der Waals surface area contributed by atoms with Gasteiger partial charge in [0.05, 0.1) is 33.5 Å². The van der Waals surface area contributed by atoms with Crippen molar-refractivity contribution in [3.63, 3.8) is 0 Å². The van der Waals surface area contributed by atoms with Crippen LogP contribution in [0.5, 0.6) is 11.5 Å². The first-order chi connectivity index (χ1) is 22.4. The van der Waals surface area contributed by atoms with E-state index >= 15 is 0 Å². The van der Waals surface area contributed by atoms with E-state index in [-0.39, 0.29) is 13.2 Å². The van der Waals surface area contributed by atoms with E-state index in [1.807, 2.05) is 66.7 Å². The first kappa shape index (κ1) is 34.4. The molecule has 10 heteroatoms. The summed E-state index contributed by atoms with van der Waals surface area (Å²) in [6, 6.07) is 27.7. The van der Waals surface area contributed by atoms with Crippen molar-refractivity contribution in [1.29, 1.82) is 5.26 Å². The minimum absolute atomic E-state index is 0.151. The van der Waals surface area contributed by atoms with Crippen LogP contribution in [0.4, 0.5) is 0 Å². The fourth-order valence-electron chi connectivity index (χ4n) is 6.42. The van der Waals surface area contributed by atoms with Gasteiger partial charge in [0, 0.05) is 31.7 Å². The van der Waals surface area contributed by atoms with Gasteiger partial charge in [0.15, 0.2) is 0 Å². The number of fused-ring (bicyclic) bond motifs is 2. The molecule has 46 heavy (non-hydrogen) atoms. The van der Waals surface area contributed by atoms with E-state index in [9.17, 15) is 5.26 Å². The molecule has 2 fully saturated rings. The molecule has 0 aliphatic carbocycles. The zero-order valence-corrected chi connectivity index (χ0v) is 28.2. The Kier molecular flexibility index (Phi) is 11.8. The predicted octanol–water partition coefficient (Wildman–Crippen LogP) is 6.41. The molecule has 2 aliphatic rings. The summed E-state index contributed by atoms with van der Waals surface area (Å²) < 4.78 is 40.4. The summed E-state index contributed by atoms with van der Waals surface area (Å²) in [6.45, 7) is 6.56. The molecule has 0 aromatic heterocycles. The van der Waals surface area contributed by atoms with Gasteiger partial charge in [-0.15, -0.1) is 0 Å². The number of hydrogen-bond donors (Lipinski definition) is 0. The predicted molar refractivity (Wildman–Crippen MR) is 180 cm³/mol. The van der Waals surface area contributed by atoms with Crippen molar-refractivity contribution < 1.29 is 28.2 Å². The zero-order valence-electron chi connectivity index (χ0n) is 27.3. The highest BCUT2D eigenvalue weighted by Crippen LogP contribution is 2.52. The highest BCUT2D eigenvalue weighted by atomic mass is 31.2. The molecule has 2 radical (unpaired) electrons. The SMILES string of the molecule is [B][C@@H]1O[C@@]2(COC(c3ccccc3)(c3ccc(OC)cc3)c3ccc(OC)cc3)COC1[C@H]2OP(CCC#N)N(CCC)CCC. The molecule has 3 aromatic carbocycles. The molecule has 242 valence electrons. The molecule has 2 saturated heterocycles. The van der Waals surface area contributed by atoms with Crippen molar-refractivity contribution in [3.8, 4) is 17.6 Å². The van der Waals surface area contributed by atoms with Gasteiger partial charge in [-0.2, -0.15) is 5.26 Å². The van der Waals surface area contributed by atoms with Gasteiger partial charge in [-0.05, 0) is 53.8 Å². The van der Waals surface area contributed by atoms with Crippen molar-refractivity contribution in [2.75, 3.05) is 46.7 Å². The quantitative estimate of drug-likeness (QED) is 0.0950. The van der Waals surface area contributed by atoms with E-state index < -0.39 is 37.7 Å². The number of nitrogens with zero attached hydrogens (tertiary/aromatic N) is 2. The first-order valence-electron chi connectivity index (χ1n) is 16.0. The maximum Gasteiger partial charge on any atom is 0.143 e. The third kappa shape index (κ3) is 6.99. The zero-order chi connectivity index (χ0) is 32.6. The Bertz CT molecular complexity index is 1370. The van der Waals surface area contributed by atoms with E-state index in [4.69, 9.17) is 36.1 Å². The average Bonchev–Trinajstić information content (AvgIpc) is 3.57. The molecule has 2 heterocycles. The second kappa shape index (κ2) is 15.8. The first-order valence-corrected chi connectivity index (χ1v) is 17.4. The molecule has 0 spiro atoms. The number of rotatable bonds is 17. The Hall–Kier alpha value is -2.96. The van der Waals surface area contributed by atoms with Gasteiger partial charge >= 0.3 is 0 Å². The van der Waals surface area contributed by atoms with E-state index in [1.54, 1.807) is 14.2 Å². The summed E-state index contributed by atoms with van der Waals surface area (Å²) in [7, 11) is 8.76. The molecule has 0 saturated carbocycles. The van der Waals surface area contributed by atoms with Crippen molar-refractivity contribution >= 4 is 16.1 Å². The summed E-state index contributed by atoms with van der Waals surface area (Å²) in [6.07, 6.45) is 2.15. The maximum atomic E-state index is 9.47. The van der Waals surface area contributed by atoms with Crippen LogP contribution in [0.25, 0.3) is 0 Å². The minimum atomic E-state index is -1.09. The highest BCUT2D eigenvalue weighted by Gasteiger charge is 2.62. The lowest BCUT2D eigenvalue weighted by atomic mass is 9.79. The van der Waals surface area contributed by atoms with E-state index in [0.29, 0.717) is 12.6 Å². The third-order valence-electron chi connectivity index (χ3n) is 8.67. The maximum absolute atomic E-state index is 9.47. The molecular formula is C36H44BN2O6P. The van der Waals surface area contributed by atoms with Crippen LogP contribution in [-0.4, -0.2) is 83.0 Å². The number of hydrogen-bond acceptors (Lipinski definition) is 8.